The fourth-order valence-electron chi connectivity index (χ4n) is 4.70. The number of piperidine rings is 1. The van der Waals surface area contributed by atoms with Crippen LogP contribution in [0.3, 0.4) is 0 Å². The number of nitrogens with zero attached hydrogens (tertiary/aromatic N) is 2. The van der Waals surface area contributed by atoms with Crippen LogP contribution in [0.5, 0.6) is 5.75 Å². The number of fused-ring (bicyclic) bond motifs is 4. The molecule has 3 aliphatic rings. The maximum atomic E-state index is 6.69. The minimum absolute atomic E-state index is 0.174. The highest BCUT2D eigenvalue weighted by molar-refractivity contribution is 6.30. The van der Waals surface area contributed by atoms with Gasteiger partial charge in [-0.15, -0.1) is 0 Å². The molecule has 5 heteroatoms. The van der Waals surface area contributed by atoms with Crippen molar-refractivity contribution in [2.45, 2.75) is 38.0 Å². The Morgan fingerprint density at radius 2 is 1.86 bits per heavy atom. The predicted molar refractivity (Wildman–Crippen MR) is 113 cm³/mol. The van der Waals surface area contributed by atoms with Gasteiger partial charge >= 0.3 is 0 Å². The molecule has 1 fully saturated rings. The van der Waals surface area contributed by atoms with E-state index in [0.717, 1.165) is 54.5 Å². The van der Waals surface area contributed by atoms with Crippen molar-refractivity contribution in [3.05, 3.63) is 70.8 Å². The maximum Gasteiger partial charge on any atom is 0.182 e. The van der Waals surface area contributed by atoms with E-state index in [1.807, 2.05) is 12.1 Å². The van der Waals surface area contributed by atoms with E-state index in [1.165, 1.54) is 12.0 Å². The summed E-state index contributed by atoms with van der Waals surface area (Å²) < 4.78 is 6.69. The van der Waals surface area contributed by atoms with Gasteiger partial charge < -0.3 is 15.1 Å². The van der Waals surface area contributed by atoms with E-state index in [9.17, 15) is 0 Å². The fraction of sp³-hybridized carbons (Fsp3) is 0.391. The summed E-state index contributed by atoms with van der Waals surface area (Å²) in [5, 5.41) is 3.11. The number of rotatable bonds is 3. The number of ether oxygens (including phenoxy) is 1. The van der Waals surface area contributed by atoms with Gasteiger partial charge in [-0.3, -0.25) is 0 Å². The number of benzene rings is 2. The van der Waals surface area contributed by atoms with Gasteiger partial charge in [-0.1, -0.05) is 48.9 Å². The van der Waals surface area contributed by atoms with Crippen LogP contribution in [0.15, 0.2) is 54.6 Å². The second-order valence-corrected chi connectivity index (χ2v) is 8.38. The Morgan fingerprint density at radius 1 is 1.11 bits per heavy atom. The second-order valence-electron chi connectivity index (χ2n) is 7.94. The molecule has 5 rings (SSSR count). The Hall–Kier alpha value is -2.01. The number of hydrazine groups is 1. The van der Waals surface area contributed by atoms with Gasteiger partial charge in [-0.2, -0.15) is 5.01 Å². The first kappa shape index (κ1) is 18.0. The van der Waals surface area contributed by atoms with Crippen molar-refractivity contribution in [2.24, 2.45) is 0 Å². The van der Waals surface area contributed by atoms with Crippen LogP contribution >= 0.6 is 11.6 Å². The van der Waals surface area contributed by atoms with E-state index in [-0.39, 0.29) is 11.8 Å². The number of hydrogen-bond acceptors (Lipinski definition) is 4. The lowest BCUT2D eigenvalue weighted by Gasteiger charge is -2.51. The molecule has 0 bridgehead atoms. The molecule has 0 radical (unpaired) electrons. The van der Waals surface area contributed by atoms with E-state index in [1.54, 1.807) is 0 Å². The molecule has 1 saturated heterocycles. The summed E-state index contributed by atoms with van der Waals surface area (Å²) in [6.45, 7) is 5.55. The summed E-state index contributed by atoms with van der Waals surface area (Å²) in [6, 6.07) is 16.7. The summed E-state index contributed by atoms with van der Waals surface area (Å²) in [7, 11) is 0. The molecule has 0 saturated carbocycles. The van der Waals surface area contributed by atoms with Crippen LogP contribution < -0.4 is 10.2 Å². The summed E-state index contributed by atoms with van der Waals surface area (Å²) in [5.74, 6) is 1.02. The quantitative estimate of drug-likeness (QED) is 0.805. The predicted octanol–water partition coefficient (Wildman–Crippen LogP) is 4.84. The van der Waals surface area contributed by atoms with Gasteiger partial charge in [0.25, 0.3) is 0 Å². The van der Waals surface area contributed by atoms with Gasteiger partial charge in [-0.25, -0.2) is 0 Å². The highest BCUT2D eigenvalue weighted by atomic mass is 35.5. The Labute approximate surface area is 171 Å². The number of likely N-dealkylation sites (tertiary alicyclic amines) is 1. The summed E-state index contributed by atoms with van der Waals surface area (Å²) in [5.41, 5.74) is 6.87. The third-order valence-electron chi connectivity index (χ3n) is 6.15. The van der Waals surface area contributed by atoms with Crippen LogP contribution in [0.1, 0.15) is 43.4 Å². The molecule has 1 spiro atoms. The van der Waals surface area contributed by atoms with Crippen LogP contribution in [0.2, 0.25) is 5.02 Å². The molecule has 2 aromatic carbocycles. The third-order valence-corrected chi connectivity index (χ3v) is 6.40. The molecular formula is C23H26ClN3O. The lowest BCUT2D eigenvalue weighted by molar-refractivity contribution is -0.159. The van der Waals surface area contributed by atoms with Crippen molar-refractivity contribution in [1.29, 1.82) is 0 Å². The van der Waals surface area contributed by atoms with Gasteiger partial charge in [0.2, 0.25) is 0 Å². The van der Waals surface area contributed by atoms with Gasteiger partial charge in [0, 0.05) is 36.5 Å². The average Bonchev–Trinajstić information content (AvgIpc) is 3.17. The maximum absolute atomic E-state index is 6.69. The van der Waals surface area contributed by atoms with E-state index in [2.05, 4.69) is 64.7 Å². The Kier molecular flexibility index (Phi) is 4.58. The number of hydrogen-bond donors (Lipinski definition) is 1. The van der Waals surface area contributed by atoms with Gasteiger partial charge in [0.1, 0.15) is 5.75 Å². The monoisotopic (exact) mass is 395 g/mol. The zero-order valence-electron chi connectivity index (χ0n) is 16.2. The average molecular weight is 396 g/mol. The molecule has 2 aromatic rings. The molecular weight excluding hydrogens is 370 g/mol. The first-order valence-corrected chi connectivity index (χ1v) is 10.6. The zero-order chi connectivity index (χ0) is 19.1. The van der Waals surface area contributed by atoms with Crippen LogP contribution in [-0.4, -0.2) is 35.3 Å². The molecule has 146 valence electrons. The lowest BCUT2D eigenvalue weighted by Crippen LogP contribution is -2.63. The first-order valence-electron chi connectivity index (χ1n) is 10.2. The van der Waals surface area contributed by atoms with Crippen LogP contribution in [0.25, 0.3) is 5.70 Å². The molecule has 0 amide bonds. The Morgan fingerprint density at radius 3 is 2.61 bits per heavy atom. The van der Waals surface area contributed by atoms with Crippen molar-refractivity contribution in [3.8, 4) is 5.75 Å². The summed E-state index contributed by atoms with van der Waals surface area (Å²) >= 11 is 6.09. The van der Waals surface area contributed by atoms with Crippen LogP contribution in [-0.2, 0) is 0 Å². The van der Waals surface area contributed by atoms with E-state index < -0.39 is 0 Å². The van der Waals surface area contributed by atoms with Crippen LogP contribution in [0, 0.1) is 0 Å². The van der Waals surface area contributed by atoms with Crippen molar-refractivity contribution < 1.29 is 4.74 Å². The summed E-state index contributed by atoms with van der Waals surface area (Å²) in [6.07, 6.45) is 5.51. The zero-order valence-corrected chi connectivity index (χ0v) is 17.0. The molecule has 1 N–H and O–H groups in total. The lowest BCUT2D eigenvalue weighted by atomic mass is 9.92. The van der Waals surface area contributed by atoms with Crippen molar-refractivity contribution in [1.82, 2.24) is 15.3 Å². The minimum atomic E-state index is -0.312. The minimum Gasteiger partial charge on any atom is -0.470 e. The van der Waals surface area contributed by atoms with Gasteiger partial charge in [0.15, 0.2) is 5.72 Å². The normalized spacial score (nSPS) is 23.5. The molecule has 0 aromatic heterocycles. The fourth-order valence-corrected chi connectivity index (χ4v) is 4.83. The van der Waals surface area contributed by atoms with Crippen molar-refractivity contribution in [2.75, 3.05) is 19.6 Å². The summed E-state index contributed by atoms with van der Waals surface area (Å²) in [4.78, 5) is 2.55. The third kappa shape index (κ3) is 3.00. The largest absolute Gasteiger partial charge is 0.470 e. The highest BCUT2D eigenvalue weighted by Crippen LogP contribution is 2.48. The number of halogens is 1. The first-order chi connectivity index (χ1) is 13.7. The Balaban J connectivity index is 1.49. The van der Waals surface area contributed by atoms with E-state index in [4.69, 9.17) is 16.3 Å². The highest BCUT2D eigenvalue weighted by Gasteiger charge is 2.51. The molecule has 4 nitrogen and oxygen atoms in total. The number of para-hydroxylation sites is 1. The smallest absolute Gasteiger partial charge is 0.182 e. The number of nitrogens with one attached hydrogen (secondary N) is 1. The molecule has 3 heterocycles. The Bertz CT molecular complexity index is 887. The topological polar surface area (TPSA) is 27.7 Å². The van der Waals surface area contributed by atoms with Crippen molar-refractivity contribution >= 4 is 17.3 Å². The van der Waals surface area contributed by atoms with Gasteiger partial charge in [0.05, 0.1) is 11.7 Å². The standard InChI is InChI=1S/C23H26ClN3O/c1-2-13-26-14-11-23(12-15-26)27-21(19-5-3-4-6-22(19)28-23)16-20(25-27)17-7-9-18(24)10-8-17/h3-10,16,21,25H,2,11-15H2,1H3/t21-/m0/s1. The molecule has 0 aliphatic carbocycles. The van der Waals surface area contributed by atoms with E-state index >= 15 is 0 Å². The SMILES string of the molecule is CCCN1CCC2(CC1)Oc1ccccc1[C@@H]1C=C(c3ccc(Cl)cc3)NN12. The second kappa shape index (κ2) is 7.11. The molecule has 28 heavy (non-hydrogen) atoms. The van der Waals surface area contributed by atoms with Crippen molar-refractivity contribution in [3.63, 3.8) is 0 Å². The van der Waals surface area contributed by atoms with Crippen LogP contribution in [0.4, 0.5) is 0 Å². The molecule has 1 atom stereocenters. The van der Waals surface area contributed by atoms with E-state index in [0.29, 0.717) is 0 Å². The molecule has 3 aliphatic heterocycles. The van der Waals surface area contributed by atoms with Gasteiger partial charge in [-0.05, 0) is 42.8 Å². The molecule has 0 unspecified atom stereocenters.